The van der Waals surface area contributed by atoms with Gasteiger partial charge in [0, 0.05) is 12.5 Å². The van der Waals surface area contributed by atoms with E-state index in [1.165, 1.54) is 13.3 Å². The van der Waals surface area contributed by atoms with Gasteiger partial charge in [-0.3, -0.25) is 9.59 Å². The monoisotopic (exact) mass is 241 g/mol. The molecule has 0 aliphatic rings. The first kappa shape index (κ1) is 11.9. The zero-order valence-electron chi connectivity index (χ0n) is 9.78. The predicted octanol–water partition coefficient (Wildman–Crippen LogP) is 0.411. The van der Waals surface area contributed by atoms with Crippen molar-refractivity contribution in [3.8, 4) is 11.8 Å². The molecule has 0 radical (unpaired) electrons. The number of aromatic nitrogens is 2. The molecule has 2 aromatic rings. The SMILES string of the molecule is CC(=O)NCC#Cc1ccc2nc[nH]c(=O)c2c1. The van der Waals surface area contributed by atoms with E-state index in [0.717, 1.165) is 0 Å². The van der Waals surface area contributed by atoms with E-state index in [2.05, 4.69) is 27.1 Å². The number of aromatic amines is 1. The fourth-order valence-electron chi connectivity index (χ4n) is 1.46. The first-order chi connectivity index (χ1) is 8.66. The number of fused-ring (bicyclic) bond motifs is 1. The molecular formula is C13H11N3O2. The topological polar surface area (TPSA) is 74.8 Å². The smallest absolute Gasteiger partial charge is 0.258 e. The van der Waals surface area contributed by atoms with Gasteiger partial charge in [-0.05, 0) is 18.2 Å². The molecule has 0 saturated heterocycles. The van der Waals surface area contributed by atoms with Crippen molar-refractivity contribution >= 4 is 16.8 Å². The van der Waals surface area contributed by atoms with E-state index in [0.29, 0.717) is 16.5 Å². The second kappa shape index (κ2) is 5.15. The standard InChI is InChI=1S/C13H11N3O2/c1-9(17)14-6-2-3-10-4-5-12-11(7-10)13(18)16-8-15-12/h4-5,7-8H,6H2,1H3,(H,14,17)(H,15,16,18). The third-order valence-electron chi connectivity index (χ3n) is 2.30. The predicted molar refractivity (Wildman–Crippen MR) is 67.9 cm³/mol. The summed E-state index contributed by atoms with van der Waals surface area (Å²) in [4.78, 5) is 28.7. The lowest BCUT2D eigenvalue weighted by Crippen LogP contribution is -2.19. The normalized spacial score (nSPS) is 9.61. The van der Waals surface area contributed by atoms with Crippen LogP contribution in [-0.2, 0) is 4.79 Å². The van der Waals surface area contributed by atoms with Crippen LogP contribution < -0.4 is 10.9 Å². The molecule has 18 heavy (non-hydrogen) atoms. The fraction of sp³-hybridized carbons (Fsp3) is 0.154. The number of benzene rings is 1. The van der Waals surface area contributed by atoms with Crippen molar-refractivity contribution in [1.82, 2.24) is 15.3 Å². The second-order valence-corrected chi connectivity index (χ2v) is 3.68. The molecule has 0 bridgehead atoms. The highest BCUT2D eigenvalue weighted by Crippen LogP contribution is 2.07. The van der Waals surface area contributed by atoms with Crippen molar-refractivity contribution < 1.29 is 4.79 Å². The van der Waals surface area contributed by atoms with Crippen molar-refractivity contribution in [3.05, 3.63) is 40.4 Å². The summed E-state index contributed by atoms with van der Waals surface area (Å²) < 4.78 is 0. The third kappa shape index (κ3) is 2.74. The van der Waals surface area contributed by atoms with Gasteiger partial charge in [0.05, 0.1) is 23.8 Å². The summed E-state index contributed by atoms with van der Waals surface area (Å²) in [6.07, 6.45) is 1.37. The summed E-state index contributed by atoms with van der Waals surface area (Å²) in [6.45, 7) is 1.72. The molecule has 5 heteroatoms. The van der Waals surface area contributed by atoms with Crippen molar-refractivity contribution in [2.45, 2.75) is 6.92 Å². The van der Waals surface area contributed by atoms with Crippen molar-refractivity contribution in [1.29, 1.82) is 0 Å². The van der Waals surface area contributed by atoms with E-state index in [1.54, 1.807) is 18.2 Å². The van der Waals surface area contributed by atoms with Crippen LogP contribution in [0.1, 0.15) is 12.5 Å². The Morgan fingerprint density at radius 2 is 2.33 bits per heavy atom. The molecular weight excluding hydrogens is 230 g/mol. The minimum atomic E-state index is -0.189. The highest BCUT2D eigenvalue weighted by Gasteiger charge is 1.99. The van der Waals surface area contributed by atoms with E-state index in [4.69, 9.17) is 0 Å². The van der Waals surface area contributed by atoms with E-state index in [1.807, 2.05) is 0 Å². The van der Waals surface area contributed by atoms with Gasteiger partial charge in [0.15, 0.2) is 0 Å². The summed E-state index contributed by atoms with van der Waals surface area (Å²) in [5.74, 6) is 5.55. The Labute approximate surface area is 103 Å². The summed E-state index contributed by atoms with van der Waals surface area (Å²) in [5, 5.41) is 3.08. The van der Waals surface area contributed by atoms with Crippen LogP contribution in [0.5, 0.6) is 0 Å². The van der Waals surface area contributed by atoms with Gasteiger partial charge in [-0.1, -0.05) is 11.8 Å². The number of hydrogen-bond acceptors (Lipinski definition) is 3. The summed E-state index contributed by atoms with van der Waals surface area (Å²) >= 11 is 0. The van der Waals surface area contributed by atoms with Crippen LogP contribution in [0.2, 0.25) is 0 Å². The molecule has 0 saturated carbocycles. The van der Waals surface area contributed by atoms with E-state index in [-0.39, 0.29) is 18.0 Å². The lowest BCUT2D eigenvalue weighted by molar-refractivity contribution is -0.118. The molecule has 2 N–H and O–H groups in total. The average molecular weight is 241 g/mol. The molecule has 0 aliphatic carbocycles. The molecule has 0 fully saturated rings. The molecule has 1 aromatic carbocycles. The van der Waals surface area contributed by atoms with Gasteiger partial charge in [-0.25, -0.2) is 4.98 Å². The number of carbonyl (C=O) groups excluding carboxylic acids is 1. The van der Waals surface area contributed by atoms with Gasteiger partial charge in [-0.2, -0.15) is 0 Å². The first-order valence-electron chi connectivity index (χ1n) is 5.37. The van der Waals surface area contributed by atoms with Crippen LogP contribution in [-0.4, -0.2) is 22.4 Å². The van der Waals surface area contributed by atoms with Crippen LogP contribution in [0.4, 0.5) is 0 Å². The van der Waals surface area contributed by atoms with Crippen LogP contribution in [0.25, 0.3) is 10.9 Å². The number of nitrogens with zero attached hydrogens (tertiary/aromatic N) is 1. The fourth-order valence-corrected chi connectivity index (χ4v) is 1.46. The molecule has 90 valence electrons. The summed E-state index contributed by atoms with van der Waals surface area (Å²) in [6, 6.07) is 5.21. The summed E-state index contributed by atoms with van der Waals surface area (Å²) in [5.41, 5.74) is 1.16. The maximum Gasteiger partial charge on any atom is 0.258 e. The van der Waals surface area contributed by atoms with Crippen molar-refractivity contribution in [2.24, 2.45) is 0 Å². The average Bonchev–Trinajstić information content (AvgIpc) is 2.35. The van der Waals surface area contributed by atoms with Crippen LogP contribution in [0.15, 0.2) is 29.3 Å². The maximum absolute atomic E-state index is 11.5. The van der Waals surface area contributed by atoms with Gasteiger partial charge in [0.25, 0.3) is 5.56 Å². The molecule has 0 spiro atoms. The van der Waals surface area contributed by atoms with Gasteiger partial charge in [0.2, 0.25) is 5.91 Å². The number of H-pyrrole nitrogens is 1. The molecule has 5 nitrogen and oxygen atoms in total. The Morgan fingerprint density at radius 3 is 3.11 bits per heavy atom. The second-order valence-electron chi connectivity index (χ2n) is 3.68. The Balaban J connectivity index is 2.27. The molecule has 0 aliphatic heterocycles. The highest BCUT2D eigenvalue weighted by molar-refractivity contribution is 5.78. The minimum absolute atomic E-state index is 0.122. The molecule has 0 unspecified atom stereocenters. The number of rotatable bonds is 1. The lowest BCUT2D eigenvalue weighted by atomic mass is 10.1. The maximum atomic E-state index is 11.5. The number of nitrogens with one attached hydrogen (secondary N) is 2. The zero-order valence-corrected chi connectivity index (χ0v) is 9.78. The molecule has 2 rings (SSSR count). The largest absolute Gasteiger partial charge is 0.345 e. The van der Waals surface area contributed by atoms with Crippen LogP contribution in [0.3, 0.4) is 0 Å². The number of hydrogen-bond donors (Lipinski definition) is 2. The van der Waals surface area contributed by atoms with Crippen LogP contribution >= 0.6 is 0 Å². The van der Waals surface area contributed by atoms with Gasteiger partial charge < -0.3 is 10.3 Å². The Bertz CT molecular complexity index is 707. The Morgan fingerprint density at radius 1 is 1.50 bits per heavy atom. The van der Waals surface area contributed by atoms with E-state index in [9.17, 15) is 9.59 Å². The molecule has 1 heterocycles. The minimum Gasteiger partial charge on any atom is -0.345 e. The molecule has 1 aromatic heterocycles. The third-order valence-corrected chi connectivity index (χ3v) is 2.30. The lowest BCUT2D eigenvalue weighted by Gasteiger charge is -1.96. The van der Waals surface area contributed by atoms with E-state index < -0.39 is 0 Å². The van der Waals surface area contributed by atoms with E-state index >= 15 is 0 Å². The number of amides is 1. The number of carbonyl (C=O) groups is 1. The quantitative estimate of drug-likeness (QED) is 0.710. The van der Waals surface area contributed by atoms with Crippen LogP contribution in [0, 0.1) is 11.8 Å². The Kier molecular flexibility index (Phi) is 3.39. The van der Waals surface area contributed by atoms with Crippen molar-refractivity contribution in [3.63, 3.8) is 0 Å². The van der Waals surface area contributed by atoms with Crippen molar-refractivity contribution in [2.75, 3.05) is 6.54 Å². The highest BCUT2D eigenvalue weighted by atomic mass is 16.1. The van der Waals surface area contributed by atoms with Gasteiger partial charge in [0.1, 0.15) is 0 Å². The molecule has 1 amide bonds. The van der Waals surface area contributed by atoms with Gasteiger partial charge in [-0.15, -0.1) is 0 Å². The first-order valence-corrected chi connectivity index (χ1v) is 5.37. The summed E-state index contributed by atoms with van der Waals surface area (Å²) in [7, 11) is 0. The molecule has 0 atom stereocenters. The van der Waals surface area contributed by atoms with Gasteiger partial charge >= 0.3 is 0 Å². The zero-order chi connectivity index (χ0) is 13.0. The Hall–Kier alpha value is -2.61.